The van der Waals surface area contributed by atoms with Crippen molar-refractivity contribution in [3.8, 4) is 5.75 Å². The molecule has 1 aliphatic carbocycles. The fourth-order valence-corrected chi connectivity index (χ4v) is 5.39. The van der Waals surface area contributed by atoms with Gasteiger partial charge in [-0.25, -0.2) is 18.1 Å². The van der Waals surface area contributed by atoms with Crippen molar-refractivity contribution in [3.63, 3.8) is 0 Å². The summed E-state index contributed by atoms with van der Waals surface area (Å²) in [5.74, 6) is -0.275. The maximum Gasteiger partial charge on any atom is 0.501 e. The maximum atomic E-state index is 13.7. The second kappa shape index (κ2) is 7.41. The Labute approximate surface area is 197 Å². The molecule has 1 aromatic heterocycles. The normalized spacial score (nSPS) is 22.4. The molecule has 5 rings (SSSR count). The number of benzene rings is 2. The quantitative estimate of drug-likeness (QED) is 0.491. The minimum atomic E-state index is -5.57. The number of alkyl halides is 3. The lowest BCUT2D eigenvalue weighted by Crippen LogP contribution is -2.39. The molecule has 3 amide bonds. The average molecular weight is 505 g/mol. The Morgan fingerprint density at radius 1 is 1.09 bits per heavy atom. The highest BCUT2D eigenvalue weighted by molar-refractivity contribution is 7.92. The molecule has 182 valence electrons. The zero-order chi connectivity index (χ0) is 25.3. The van der Waals surface area contributed by atoms with E-state index in [9.17, 15) is 31.2 Å². The number of pyridine rings is 1. The third-order valence-electron chi connectivity index (χ3n) is 6.50. The lowest BCUT2D eigenvalue weighted by molar-refractivity contribution is -0.119. The third-order valence-corrected chi connectivity index (χ3v) is 8.01. The first-order valence-electron chi connectivity index (χ1n) is 10.5. The van der Waals surface area contributed by atoms with E-state index in [2.05, 4.69) is 4.98 Å². The number of rotatable bonds is 4. The standard InChI is InChI=1S/C23H18F3N3O5S/c1-13-12-22(13)20(30)28(14-6-8-15(9-7-14)35(32,33)23(24,25)26)21(31)29(22)17-10-11-27-16-4-3-5-18(34-2)19(16)17/h3-11,13H,12H2,1-2H3. The van der Waals surface area contributed by atoms with Crippen LogP contribution in [0.25, 0.3) is 10.9 Å². The first kappa shape index (κ1) is 23.1. The molecule has 8 nitrogen and oxygen atoms in total. The van der Waals surface area contributed by atoms with E-state index >= 15 is 0 Å². The second-order valence-electron chi connectivity index (χ2n) is 8.42. The number of carbonyl (C=O) groups is 2. The van der Waals surface area contributed by atoms with Gasteiger partial charge in [0.2, 0.25) is 0 Å². The highest BCUT2D eigenvalue weighted by atomic mass is 32.2. The molecule has 2 aliphatic rings. The summed E-state index contributed by atoms with van der Waals surface area (Å²) in [7, 11) is -4.10. The van der Waals surface area contributed by atoms with Crippen molar-refractivity contribution < 1.29 is 35.9 Å². The molecule has 2 fully saturated rings. The molecule has 1 aliphatic heterocycles. The molecule has 12 heteroatoms. The van der Waals surface area contributed by atoms with Crippen LogP contribution in [0.15, 0.2) is 59.6 Å². The number of sulfone groups is 1. The predicted molar refractivity (Wildman–Crippen MR) is 120 cm³/mol. The number of ether oxygens (including phenoxy) is 1. The molecule has 2 heterocycles. The van der Waals surface area contributed by atoms with E-state index in [1.54, 1.807) is 24.3 Å². The van der Waals surface area contributed by atoms with Crippen LogP contribution < -0.4 is 14.5 Å². The minimum absolute atomic E-state index is 0.0348. The monoisotopic (exact) mass is 505 g/mol. The number of imide groups is 1. The summed E-state index contributed by atoms with van der Waals surface area (Å²) in [5.41, 5.74) is -5.73. The van der Waals surface area contributed by atoms with Crippen LogP contribution in [0, 0.1) is 5.92 Å². The van der Waals surface area contributed by atoms with Crippen LogP contribution in [0.3, 0.4) is 0 Å². The summed E-state index contributed by atoms with van der Waals surface area (Å²) < 4.78 is 67.5. The summed E-state index contributed by atoms with van der Waals surface area (Å²) in [6.45, 7) is 1.82. The molecule has 0 radical (unpaired) electrons. The Kier molecular flexibility index (Phi) is 4.89. The molecular formula is C23H18F3N3O5S. The molecule has 2 unspecified atom stereocenters. The van der Waals surface area contributed by atoms with Crippen LogP contribution in [-0.4, -0.2) is 43.5 Å². The Hall–Kier alpha value is -3.67. The van der Waals surface area contributed by atoms with Crippen molar-refractivity contribution in [2.45, 2.75) is 29.3 Å². The van der Waals surface area contributed by atoms with Gasteiger partial charge in [-0.1, -0.05) is 13.0 Å². The van der Waals surface area contributed by atoms with Crippen LogP contribution in [-0.2, 0) is 14.6 Å². The van der Waals surface area contributed by atoms with Gasteiger partial charge in [0.1, 0.15) is 11.3 Å². The molecule has 2 atom stereocenters. The largest absolute Gasteiger partial charge is 0.501 e. The molecule has 0 N–H and O–H groups in total. The molecule has 1 saturated carbocycles. The molecule has 0 bridgehead atoms. The van der Waals surface area contributed by atoms with Gasteiger partial charge >= 0.3 is 11.5 Å². The van der Waals surface area contributed by atoms with Gasteiger partial charge in [-0.3, -0.25) is 14.7 Å². The van der Waals surface area contributed by atoms with E-state index in [1.807, 2.05) is 6.92 Å². The number of nitrogens with zero attached hydrogens (tertiary/aromatic N) is 3. The topological polar surface area (TPSA) is 96.9 Å². The summed E-state index contributed by atoms with van der Waals surface area (Å²) in [5, 5.41) is 0.533. The fraction of sp³-hybridized carbons (Fsp3) is 0.261. The summed E-state index contributed by atoms with van der Waals surface area (Å²) in [4.78, 5) is 32.8. The summed E-state index contributed by atoms with van der Waals surface area (Å²) in [6.07, 6.45) is 1.89. The third kappa shape index (κ3) is 3.12. The van der Waals surface area contributed by atoms with Gasteiger partial charge < -0.3 is 4.74 Å². The molecular weight excluding hydrogens is 487 g/mol. The van der Waals surface area contributed by atoms with Gasteiger partial charge in [-0.2, -0.15) is 13.2 Å². The Morgan fingerprint density at radius 2 is 1.74 bits per heavy atom. The Bertz CT molecular complexity index is 1490. The lowest BCUT2D eigenvalue weighted by atomic mass is 10.1. The number of urea groups is 1. The number of methoxy groups -OCH3 is 1. The van der Waals surface area contributed by atoms with E-state index in [1.165, 1.54) is 18.2 Å². The van der Waals surface area contributed by atoms with Gasteiger partial charge in [-0.05, 0) is 54.8 Å². The Morgan fingerprint density at radius 3 is 2.31 bits per heavy atom. The van der Waals surface area contributed by atoms with Gasteiger partial charge in [0.05, 0.1) is 34.3 Å². The molecule has 2 aromatic carbocycles. The van der Waals surface area contributed by atoms with Crippen molar-refractivity contribution in [2.75, 3.05) is 16.9 Å². The first-order chi connectivity index (χ1) is 16.4. The van der Waals surface area contributed by atoms with Crippen LogP contribution in [0.4, 0.5) is 29.3 Å². The van der Waals surface area contributed by atoms with Crippen LogP contribution in [0.5, 0.6) is 5.75 Å². The number of hydrogen-bond donors (Lipinski definition) is 0. The smallest absolute Gasteiger partial charge is 0.496 e. The number of carbonyl (C=O) groups excluding carboxylic acids is 2. The zero-order valence-corrected chi connectivity index (χ0v) is 19.2. The zero-order valence-electron chi connectivity index (χ0n) is 18.4. The van der Waals surface area contributed by atoms with Crippen molar-refractivity contribution in [2.24, 2.45) is 5.92 Å². The minimum Gasteiger partial charge on any atom is -0.496 e. The van der Waals surface area contributed by atoms with E-state index in [0.717, 1.165) is 29.2 Å². The number of amides is 3. The average Bonchev–Trinajstić information content (AvgIpc) is 3.43. The number of anilines is 2. The van der Waals surface area contributed by atoms with Crippen molar-refractivity contribution in [1.82, 2.24) is 4.98 Å². The highest BCUT2D eigenvalue weighted by Crippen LogP contribution is 2.56. The fourth-order valence-electron chi connectivity index (χ4n) is 4.63. The lowest BCUT2D eigenvalue weighted by Gasteiger charge is -2.24. The number of hydrogen-bond acceptors (Lipinski definition) is 6. The maximum absolute atomic E-state index is 13.7. The van der Waals surface area contributed by atoms with Gasteiger partial charge in [0, 0.05) is 6.20 Å². The van der Waals surface area contributed by atoms with Crippen LogP contribution in [0.2, 0.25) is 0 Å². The van der Waals surface area contributed by atoms with Gasteiger partial charge in [0.25, 0.3) is 15.7 Å². The van der Waals surface area contributed by atoms with Crippen molar-refractivity contribution in [3.05, 3.63) is 54.7 Å². The van der Waals surface area contributed by atoms with E-state index in [4.69, 9.17) is 4.74 Å². The van der Waals surface area contributed by atoms with Gasteiger partial charge in [-0.15, -0.1) is 0 Å². The SMILES string of the molecule is COc1cccc2nccc(N3C(=O)N(c4ccc(S(=O)(=O)C(F)(F)F)cc4)C(=O)C34CC4C)c12. The van der Waals surface area contributed by atoms with E-state index in [0.29, 0.717) is 28.8 Å². The van der Waals surface area contributed by atoms with Crippen LogP contribution >= 0.6 is 0 Å². The van der Waals surface area contributed by atoms with E-state index < -0.39 is 37.7 Å². The number of fused-ring (bicyclic) bond motifs is 1. The van der Waals surface area contributed by atoms with Crippen LogP contribution in [0.1, 0.15) is 13.3 Å². The van der Waals surface area contributed by atoms with Crippen molar-refractivity contribution in [1.29, 1.82) is 0 Å². The molecule has 3 aromatic rings. The van der Waals surface area contributed by atoms with Gasteiger partial charge in [0.15, 0.2) is 0 Å². The first-order valence-corrected chi connectivity index (χ1v) is 12.0. The number of halogens is 3. The summed E-state index contributed by atoms with van der Waals surface area (Å²) >= 11 is 0. The van der Waals surface area contributed by atoms with Crippen molar-refractivity contribution >= 4 is 44.1 Å². The molecule has 1 saturated heterocycles. The van der Waals surface area contributed by atoms with E-state index in [-0.39, 0.29) is 11.6 Å². The second-order valence-corrected chi connectivity index (χ2v) is 10.4. The summed E-state index contributed by atoms with van der Waals surface area (Å²) in [6, 6.07) is 9.58. The number of aromatic nitrogens is 1. The molecule has 35 heavy (non-hydrogen) atoms. The highest BCUT2D eigenvalue weighted by Gasteiger charge is 2.70. The molecule has 1 spiro atoms. The predicted octanol–water partition coefficient (Wildman–Crippen LogP) is 4.29. The Balaban J connectivity index is 1.62.